The van der Waals surface area contributed by atoms with Gasteiger partial charge in [-0.25, -0.2) is 0 Å². The highest BCUT2D eigenvalue weighted by atomic mass is 79.9. The Labute approximate surface area is 132 Å². The molecule has 0 unspecified atom stereocenters. The third-order valence-corrected chi connectivity index (χ3v) is 4.03. The van der Waals surface area contributed by atoms with Crippen molar-refractivity contribution in [3.05, 3.63) is 34.3 Å². The summed E-state index contributed by atoms with van der Waals surface area (Å²) < 4.78 is 5.74. The van der Waals surface area contributed by atoms with Crippen molar-refractivity contribution in [1.29, 1.82) is 0 Å². The lowest BCUT2D eigenvalue weighted by molar-refractivity contribution is -0.136. The predicted octanol–water partition coefficient (Wildman–Crippen LogP) is 1.82. The van der Waals surface area contributed by atoms with Crippen LogP contribution in [0.15, 0.2) is 28.7 Å². The number of carbonyl (C=O) groups is 2. The molecular weight excluding hydrogens is 336 g/mol. The molecule has 2 amide bonds. The lowest BCUT2D eigenvalue weighted by Crippen LogP contribution is -2.47. The third-order valence-electron chi connectivity index (χ3n) is 3.54. The zero-order valence-corrected chi connectivity index (χ0v) is 13.6. The molecule has 2 rings (SSSR count). The van der Waals surface area contributed by atoms with Crippen LogP contribution in [0, 0.1) is 0 Å². The topological polar surface area (TPSA) is 58.6 Å². The SMILES string of the molecule is COCC(=O)N1CCC(NC(=O)c2cccc(Br)c2)CC1. The standard InChI is InChI=1S/C15H19BrN2O3/c1-21-10-14(19)18-7-5-13(6-8-18)17-15(20)11-3-2-4-12(16)9-11/h2-4,9,13H,5-8,10H2,1H3,(H,17,20). The second-order valence-corrected chi connectivity index (χ2v) is 5.99. The van der Waals surface area contributed by atoms with Gasteiger partial charge in [0, 0.05) is 36.3 Å². The Balaban J connectivity index is 1.83. The number of nitrogens with one attached hydrogen (secondary N) is 1. The van der Waals surface area contributed by atoms with E-state index in [1.807, 2.05) is 12.1 Å². The molecule has 0 saturated carbocycles. The summed E-state index contributed by atoms with van der Waals surface area (Å²) in [5.74, 6) is -0.0627. The Kier molecular flexibility index (Phi) is 5.76. The smallest absolute Gasteiger partial charge is 0.251 e. The maximum absolute atomic E-state index is 12.2. The van der Waals surface area contributed by atoms with E-state index in [9.17, 15) is 9.59 Å². The number of likely N-dealkylation sites (tertiary alicyclic amines) is 1. The molecule has 1 N–H and O–H groups in total. The molecule has 0 spiro atoms. The first kappa shape index (κ1) is 16.0. The Bertz CT molecular complexity index is 513. The van der Waals surface area contributed by atoms with Crippen molar-refractivity contribution in [3.63, 3.8) is 0 Å². The molecule has 1 aromatic carbocycles. The number of hydrogen-bond acceptors (Lipinski definition) is 3. The van der Waals surface area contributed by atoms with Crippen molar-refractivity contribution in [1.82, 2.24) is 10.2 Å². The van der Waals surface area contributed by atoms with E-state index in [2.05, 4.69) is 21.2 Å². The van der Waals surface area contributed by atoms with Crippen LogP contribution in [-0.4, -0.2) is 49.6 Å². The minimum atomic E-state index is -0.0713. The fourth-order valence-electron chi connectivity index (χ4n) is 2.39. The van der Waals surface area contributed by atoms with Gasteiger partial charge in [0.05, 0.1) is 0 Å². The lowest BCUT2D eigenvalue weighted by atomic mass is 10.0. The first-order valence-electron chi connectivity index (χ1n) is 6.93. The van der Waals surface area contributed by atoms with Gasteiger partial charge in [0.25, 0.3) is 5.91 Å². The summed E-state index contributed by atoms with van der Waals surface area (Å²) in [7, 11) is 1.52. The Morgan fingerprint density at radius 3 is 2.71 bits per heavy atom. The van der Waals surface area contributed by atoms with Gasteiger partial charge in [0.2, 0.25) is 5.91 Å². The number of rotatable bonds is 4. The van der Waals surface area contributed by atoms with E-state index in [1.54, 1.807) is 17.0 Å². The zero-order chi connectivity index (χ0) is 15.2. The Morgan fingerprint density at radius 2 is 2.10 bits per heavy atom. The number of methoxy groups -OCH3 is 1. The summed E-state index contributed by atoms with van der Waals surface area (Å²) in [6.45, 7) is 1.44. The number of piperidine rings is 1. The minimum absolute atomic E-state index is 0.00858. The molecule has 1 aliphatic heterocycles. The molecule has 1 aromatic rings. The summed E-state index contributed by atoms with van der Waals surface area (Å²) in [5, 5.41) is 3.02. The molecule has 6 heteroatoms. The molecule has 1 aliphatic rings. The first-order chi connectivity index (χ1) is 10.1. The maximum Gasteiger partial charge on any atom is 0.251 e. The molecule has 0 radical (unpaired) electrons. The molecule has 0 aliphatic carbocycles. The lowest BCUT2D eigenvalue weighted by Gasteiger charge is -2.32. The van der Waals surface area contributed by atoms with Gasteiger partial charge >= 0.3 is 0 Å². The molecule has 0 aromatic heterocycles. The largest absolute Gasteiger partial charge is 0.375 e. The number of hydrogen-bond donors (Lipinski definition) is 1. The predicted molar refractivity (Wildman–Crippen MR) is 83.1 cm³/mol. The number of carbonyl (C=O) groups excluding carboxylic acids is 2. The monoisotopic (exact) mass is 354 g/mol. The maximum atomic E-state index is 12.2. The van der Waals surface area contributed by atoms with Crippen molar-refractivity contribution in [2.75, 3.05) is 26.8 Å². The van der Waals surface area contributed by atoms with Crippen molar-refractivity contribution in [3.8, 4) is 0 Å². The van der Waals surface area contributed by atoms with Crippen LogP contribution in [0.2, 0.25) is 0 Å². The van der Waals surface area contributed by atoms with Gasteiger partial charge in [-0.15, -0.1) is 0 Å². The summed E-state index contributed by atoms with van der Waals surface area (Å²) in [5.41, 5.74) is 0.641. The third kappa shape index (κ3) is 4.54. The van der Waals surface area contributed by atoms with E-state index in [0.717, 1.165) is 17.3 Å². The van der Waals surface area contributed by atoms with Crippen LogP contribution >= 0.6 is 15.9 Å². The fraction of sp³-hybridized carbons (Fsp3) is 0.467. The summed E-state index contributed by atoms with van der Waals surface area (Å²) in [4.78, 5) is 25.6. The minimum Gasteiger partial charge on any atom is -0.375 e. The van der Waals surface area contributed by atoms with Crippen LogP contribution in [0.4, 0.5) is 0 Å². The van der Waals surface area contributed by atoms with Crippen LogP contribution in [-0.2, 0) is 9.53 Å². The Morgan fingerprint density at radius 1 is 1.38 bits per heavy atom. The fourth-order valence-corrected chi connectivity index (χ4v) is 2.79. The molecule has 0 bridgehead atoms. The van der Waals surface area contributed by atoms with Crippen LogP contribution in [0.5, 0.6) is 0 Å². The van der Waals surface area contributed by atoms with Crippen molar-refractivity contribution >= 4 is 27.7 Å². The van der Waals surface area contributed by atoms with Gasteiger partial charge < -0.3 is 15.0 Å². The number of nitrogens with zero attached hydrogens (tertiary/aromatic N) is 1. The molecule has 5 nitrogen and oxygen atoms in total. The molecular formula is C15H19BrN2O3. The van der Waals surface area contributed by atoms with E-state index in [4.69, 9.17) is 4.74 Å². The van der Waals surface area contributed by atoms with Crippen molar-refractivity contribution in [2.45, 2.75) is 18.9 Å². The van der Waals surface area contributed by atoms with E-state index in [1.165, 1.54) is 7.11 Å². The average molecular weight is 355 g/mol. The quantitative estimate of drug-likeness (QED) is 0.896. The van der Waals surface area contributed by atoms with Gasteiger partial charge in [-0.05, 0) is 31.0 Å². The number of amides is 2. The van der Waals surface area contributed by atoms with Crippen molar-refractivity contribution < 1.29 is 14.3 Å². The Hall–Kier alpha value is -1.40. The van der Waals surface area contributed by atoms with Gasteiger partial charge in [0.1, 0.15) is 6.61 Å². The molecule has 1 heterocycles. The number of ether oxygens (including phenoxy) is 1. The number of benzene rings is 1. The van der Waals surface area contributed by atoms with Crippen LogP contribution in [0.1, 0.15) is 23.2 Å². The normalized spacial score (nSPS) is 15.8. The molecule has 114 valence electrons. The highest BCUT2D eigenvalue weighted by molar-refractivity contribution is 9.10. The zero-order valence-electron chi connectivity index (χ0n) is 12.0. The van der Waals surface area contributed by atoms with Crippen LogP contribution in [0.3, 0.4) is 0 Å². The van der Waals surface area contributed by atoms with E-state index >= 15 is 0 Å². The average Bonchev–Trinajstić information content (AvgIpc) is 2.48. The van der Waals surface area contributed by atoms with Gasteiger partial charge in [0.15, 0.2) is 0 Å². The molecule has 1 saturated heterocycles. The molecule has 0 atom stereocenters. The number of halogens is 1. The van der Waals surface area contributed by atoms with Crippen LogP contribution < -0.4 is 5.32 Å². The molecule has 21 heavy (non-hydrogen) atoms. The summed E-state index contributed by atoms with van der Waals surface area (Å²) >= 11 is 3.36. The highest BCUT2D eigenvalue weighted by Crippen LogP contribution is 2.14. The van der Waals surface area contributed by atoms with E-state index < -0.39 is 0 Å². The summed E-state index contributed by atoms with van der Waals surface area (Å²) in [6.07, 6.45) is 1.55. The molecule has 1 fully saturated rings. The second-order valence-electron chi connectivity index (χ2n) is 5.07. The first-order valence-corrected chi connectivity index (χ1v) is 7.72. The van der Waals surface area contributed by atoms with Gasteiger partial charge in [-0.1, -0.05) is 22.0 Å². The van der Waals surface area contributed by atoms with Crippen LogP contribution in [0.25, 0.3) is 0 Å². The van der Waals surface area contributed by atoms with Gasteiger partial charge in [-0.3, -0.25) is 9.59 Å². The van der Waals surface area contributed by atoms with Gasteiger partial charge in [-0.2, -0.15) is 0 Å². The second kappa shape index (κ2) is 7.56. The van der Waals surface area contributed by atoms with Crippen molar-refractivity contribution in [2.24, 2.45) is 0 Å². The van der Waals surface area contributed by atoms with E-state index in [-0.39, 0.29) is 24.5 Å². The highest BCUT2D eigenvalue weighted by Gasteiger charge is 2.23. The van der Waals surface area contributed by atoms with E-state index in [0.29, 0.717) is 18.7 Å². The summed E-state index contributed by atoms with van der Waals surface area (Å²) in [6, 6.07) is 7.43.